The summed E-state index contributed by atoms with van der Waals surface area (Å²) in [6.45, 7) is 0.565. The van der Waals surface area contributed by atoms with Gasteiger partial charge in [-0.05, 0) is 47.5 Å². The average molecular weight is 459 g/mol. The van der Waals surface area contributed by atoms with Gasteiger partial charge in [0.05, 0.1) is 10.5 Å². The number of rotatable bonds is 8. The lowest BCUT2D eigenvalue weighted by atomic mass is 10.1. The molecule has 0 radical (unpaired) electrons. The van der Waals surface area contributed by atoms with Crippen LogP contribution in [0.3, 0.4) is 0 Å². The van der Waals surface area contributed by atoms with Gasteiger partial charge in [-0.25, -0.2) is 12.7 Å². The minimum Gasteiger partial charge on any atom is -0.488 e. The minimum absolute atomic E-state index is 0.202. The second-order valence-corrected chi connectivity index (χ2v) is 9.61. The van der Waals surface area contributed by atoms with Crippen LogP contribution in [0.2, 0.25) is 5.02 Å². The van der Waals surface area contributed by atoms with E-state index in [1.54, 1.807) is 48.5 Å². The quantitative estimate of drug-likeness (QED) is 0.551. The van der Waals surface area contributed by atoms with E-state index in [1.807, 2.05) is 12.1 Å². The van der Waals surface area contributed by atoms with Crippen molar-refractivity contribution in [3.63, 3.8) is 0 Å². The summed E-state index contributed by atoms with van der Waals surface area (Å²) < 4.78 is 31.3. The predicted octanol–water partition coefficient (Wildman–Crippen LogP) is 4.10. The van der Waals surface area contributed by atoms with Gasteiger partial charge in [0.25, 0.3) is 5.91 Å². The third kappa shape index (κ3) is 5.85. The topological polar surface area (TPSA) is 75.7 Å². The maximum atomic E-state index is 12.7. The molecule has 0 heterocycles. The zero-order chi connectivity index (χ0) is 22.4. The summed E-state index contributed by atoms with van der Waals surface area (Å²) in [6, 6.07) is 20.7. The molecule has 0 saturated carbocycles. The monoisotopic (exact) mass is 458 g/mol. The fraction of sp³-hybridized carbons (Fsp3) is 0.174. The summed E-state index contributed by atoms with van der Waals surface area (Å²) >= 11 is 5.90. The highest BCUT2D eigenvalue weighted by Gasteiger charge is 2.17. The Labute approximate surface area is 187 Å². The smallest absolute Gasteiger partial charge is 0.255 e. The number of para-hydroxylation sites is 1. The highest BCUT2D eigenvalue weighted by Crippen LogP contribution is 2.20. The number of hydrogen-bond acceptors (Lipinski definition) is 4. The minimum atomic E-state index is -3.48. The van der Waals surface area contributed by atoms with Crippen LogP contribution in [0.1, 0.15) is 21.5 Å². The molecule has 3 aromatic carbocycles. The second-order valence-electron chi connectivity index (χ2n) is 7.03. The molecule has 0 fully saturated rings. The lowest BCUT2D eigenvalue weighted by Crippen LogP contribution is -2.24. The molecule has 6 nitrogen and oxygen atoms in total. The summed E-state index contributed by atoms with van der Waals surface area (Å²) in [5.74, 6) is 0.194. The molecule has 8 heteroatoms. The molecule has 3 rings (SSSR count). The van der Waals surface area contributed by atoms with Crippen LogP contribution in [0.5, 0.6) is 5.75 Å². The molecule has 0 spiro atoms. The number of carbonyl (C=O) groups excluding carboxylic acids is 1. The Balaban J connectivity index is 1.64. The number of nitrogens with zero attached hydrogens (tertiary/aromatic N) is 1. The molecule has 0 bridgehead atoms. The standard InChI is InChI=1S/C23H23ClN2O4S/c1-26(2)31(28,29)20-13-9-17(10-14-20)15-25-23(27)21-5-3-4-6-22(21)30-16-18-7-11-19(24)12-8-18/h3-14H,15-16H2,1-2H3,(H,25,27). The molecular weight excluding hydrogens is 436 g/mol. The predicted molar refractivity (Wildman–Crippen MR) is 121 cm³/mol. The molecule has 0 unspecified atom stereocenters. The zero-order valence-electron chi connectivity index (χ0n) is 17.2. The van der Waals surface area contributed by atoms with Gasteiger partial charge in [-0.15, -0.1) is 0 Å². The van der Waals surface area contributed by atoms with Crippen molar-refractivity contribution in [1.82, 2.24) is 9.62 Å². The lowest BCUT2D eigenvalue weighted by Gasteiger charge is -2.13. The van der Waals surface area contributed by atoms with Crippen molar-refractivity contribution >= 4 is 27.5 Å². The molecule has 0 aromatic heterocycles. The Morgan fingerprint density at radius 3 is 2.19 bits per heavy atom. The number of nitrogens with one attached hydrogen (secondary N) is 1. The fourth-order valence-corrected chi connectivity index (χ4v) is 3.82. The highest BCUT2D eigenvalue weighted by molar-refractivity contribution is 7.89. The first-order valence-corrected chi connectivity index (χ1v) is 11.3. The van der Waals surface area contributed by atoms with Crippen LogP contribution in [0, 0.1) is 0 Å². The Hall–Kier alpha value is -2.87. The summed E-state index contributed by atoms with van der Waals surface area (Å²) in [5, 5.41) is 3.49. The summed E-state index contributed by atoms with van der Waals surface area (Å²) in [6.07, 6.45) is 0. The Morgan fingerprint density at radius 2 is 1.55 bits per heavy atom. The fourth-order valence-electron chi connectivity index (χ4n) is 2.79. The zero-order valence-corrected chi connectivity index (χ0v) is 18.8. The van der Waals surface area contributed by atoms with E-state index in [1.165, 1.54) is 26.2 Å². The van der Waals surface area contributed by atoms with Crippen molar-refractivity contribution in [2.45, 2.75) is 18.0 Å². The third-order valence-electron chi connectivity index (χ3n) is 4.59. The third-order valence-corrected chi connectivity index (χ3v) is 6.68. The van der Waals surface area contributed by atoms with Gasteiger partial charge in [0, 0.05) is 25.7 Å². The number of benzene rings is 3. The number of hydrogen-bond donors (Lipinski definition) is 1. The van der Waals surface area contributed by atoms with E-state index in [9.17, 15) is 13.2 Å². The van der Waals surface area contributed by atoms with Crippen LogP contribution in [0.25, 0.3) is 0 Å². The number of sulfonamides is 1. The van der Waals surface area contributed by atoms with Crippen LogP contribution >= 0.6 is 11.6 Å². The molecule has 0 saturated heterocycles. The first kappa shape index (κ1) is 22.8. The molecule has 31 heavy (non-hydrogen) atoms. The van der Waals surface area contributed by atoms with Crippen molar-refractivity contribution in [2.75, 3.05) is 14.1 Å². The summed E-state index contributed by atoms with van der Waals surface area (Å²) in [4.78, 5) is 12.9. The maximum Gasteiger partial charge on any atom is 0.255 e. The van der Waals surface area contributed by atoms with Gasteiger partial charge in [0.1, 0.15) is 12.4 Å². The van der Waals surface area contributed by atoms with Gasteiger partial charge < -0.3 is 10.1 Å². The van der Waals surface area contributed by atoms with Crippen molar-refractivity contribution in [3.05, 3.63) is 94.5 Å². The Bertz CT molecular complexity index is 1140. The number of carbonyl (C=O) groups is 1. The molecule has 0 aliphatic heterocycles. The first-order chi connectivity index (χ1) is 14.8. The molecule has 1 amide bonds. The summed E-state index contributed by atoms with van der Waals surface area (Å²) in [7, 11) is -0.519. The lowest BCUT2D eigenvalue weighted by molar-refractivity contribution is 0.0946. The maximum absolute atomic E-state index is 12.7. The van der Waals surface area contributed by atoms with Crippen LogP contribution in [-0.4, -0.2) is 32.7 Å². The summed E-state index contributed by atoms with van der Waals surface area (Å²) in [5.41, 5.74) is 2.14. The van der Waals surface area contributed by atoms with Gasteiger partial charge in [0.2, 0.25) is 10.0 Å². The number of ether oxygens (including phenoxy) is 1. The van der Waals surface area contributed by atoms with Crippen LogP contribution < -0.4 is 10.1 Å². The van der Waals surface area contributed by atoms with Crippen molar-refractivity contribution < 1.29 is 17.9 Å². The van der Waals surface area contributed by atoms with E-state index < -0.39 is 10.0 Å². The number of amides is 1. The van der Waals surface area contributed by atoms with Gasteiger partial charge in [-0.1, -0.05) is 48.0 Å². The van der Waals surface area contributed by atoms with Crippen molar-refractivity contribution in [1.29, 1.82) is 0 Å². The van der Waals surface area contributed by atoms with Crippen molar-refractivity contribution in [2.24, 2.45) is 0 Å². The van der Waals surface area contributed by atoms with Crippen LogP contribution in [-0.2, 0) is 23.2 Å². The van der Waals surface area contributed by atoms with E-state index in [0.29, 0.717) is 22.9 Å². The van der Waals surface area contributed by atoms with Gasteiger partial charge >= 0.3 is 0 Å². The Morgan fingerprint density at radius 1 is 0.935 bits per heavy atom. The highest BCUT2D eigenvalue weighted by atomic mass is 35.5. The van der Waals surface area contributed by atoms with Gasteiger partial charge in [0.15, 0.2) is 0 Å². The SMILES string of the molecule is CN(C)S(=O)(=O)c1ccc(CNC(=O)c2ccccc2OCc2ccc(Cl)cc2)cc1. The van der Waals surface area contributed by atoms with E-state index in [4.69, 9.17) is 16.3 Å². The number of halogens is 1. The largest absolute Gasteiger partial charge is 0.488 e. The molecule has 0 aliphatic rings. The first-order valence-electron chi connectivity index (χ1n) is 9.53. The van der Waals surface area contributed by atoms with E-state index in [0.717, 1.165) is 15.4 Å². The van der Waals surface area contributed by atoms with Crippen molar-refractivity contribution in [3.8, 4) is 5.75 Å². The van der Waals surface area contributed by atoms with E-state index >= 15 is 0 Å². The van der Waals surface area contributed by atoms with E-state index in [-0.39, 0.29) is 17.3 Å². The Kier molecular flexibility index (Phi) is 7.33. The average Bonchev–Trinajstić information content (AvgIpc) is 2.77. The molecule has 1 N–H and O–H groups in total. The van der Waals surface area contributed by atoms with Gasteiger partial charge in [-0.3, -0.25) is 4.79 Å². The normalized spacial score (nSPS) is 11.4. The molecule has 3 aromatic rings. The molecular formula is C23H23ClN2O4S. The van der Waals surface area contributed by atoms with Gasteiger partial charge in [-0.2, -0.15) is 0 Å². The molecule has 162 valence electrons. The van der Waals surface area contributed by atoms with Crippen LogP contribution in [0.4, 0.5) is 0 Å². The second kappa shape index (κ2) is 9.96. The van der Waals surface area contributed by atoms with Crippen LogP contribution in [0.15, 0.2) is 77.7 Å². The molecule has 0 aliphatic carbocycles. The van der Waals surface area contributed by atoms with E-state index in [2.05, 4.69) is 5.32 Å². The molecule has 0 atom stereocenters.